The number of β-lactam (4-membered cyclic amide) rings is 1. The zero-order chi connectivity index (χ0) is 34.8. The van der Waals surface area contributed by atoms with Crippen LogP contribution in [0.15, 0.2) is 33.7 Å². The Balaban J connectivity index is 1.19. The van der Waals surface area contributed by atoms with Gasteiger partial charge in [-0.2, -0.15) is 13.5 Å². The van der Waals surface area contributed by atoms with Crippen molar-refractivity contribution in [1.82, 2.24) is 20.7 Å². The van der Waals surface area contributed by atoms with E-state index < -0.39 is 57.2 Å². The maximum absolute atomic E-state index is 13.4. The second-order valence-electron chi connectivity index (χ2n) is 12.7. The molecule has 0 radical (unpaired) electrons. The van der Waals surface area contributed by atoms with Gasteiger partial charge in [-0.15, -0.1) is 15.6 Å². The maximum atomic E-state index is 13.4. The number of anilines is 1. The predicted molar refractivity (Wildman–Crippen MR) is 169 cm³/mol. The molecule has 6 rings (SSSR count). The number of amidine groups is 1. The van der Waals surface area contributed by atoms with E-state index in [0.717, 1.165) is 35.6 Å². The first kappa shape index (κ1) is 33.5. The molecule has 48 heavy (non-hydrogen) atoms. The number of carboxylic acid groups (broad SMARTS) is 1. The largest absolute Gasteiger partial charge is 0.485 e. The Morgan fingerprint density at radius 2 is 2.00 bits per heavy atom. The summed E-state index contributed by atoms with van der Waals surface area (Å²) in [7, 11) is -5.02. The minimum atomic E-state index is -5.02. The topological polar surface area (TPSA) is 270 Å². The van der Waals surface area contributed by atoms with Crippen LogP contribution in [0.4, 0.5) is 5.13 Å². The fourth-order valence-corrected chi connectivity index (χ4v) is 7.15. The van der Waals surface area contributed by atoms with E-state index in [4.69, 9.17) is 30.6 Å². The van der Waals surface area contributed by atoms with Crippen LogP contribution in [-0.4, -0.2) is 99.9 Å². The first-order valence-electron chi connectivity index (χ1n) is 14.9. The van der Waals surface area contributed by atoms with Crippen molar-refractivity contribution >= 4 is 56.2 Å². The smallest absolute Gasteiger partial charge is 0.418 e. The molecular formula is C28H34N8O10S2. The molecule has 8 N–H and O–H groups in total. The van der Waals surface area contributed by atoms with Gasteiger partial charge in [-0.25, -0.2) is 9.78 Å². The Morgan fingerprint density at radius 1 is 1.29 bits per heavy atom. The van der Waals surface area contributed by atoms with Gasteiger partial charge in [0.25, 0.3) is 17.4 Å². The van der Waals surface area contributed by atoms with Gasteiger partial charge in [0.2, 0.25) is 0 Å². The molecule has 3 fully saturated rings. The van der Waals surface area contributed by atoms with E-state index in [9.17, 15) is 27.9 Å². The number of aliphatic carboxylic acids is 1. The van der Waals surface area contributed by atoms with Crippen molar-refractivity contribution in [1.29, 1.82) is 0 Å². The van der Waals surface area contributed by atoms with Crippen LogP contribution in [0.1, 0.15) is 44.0 Å². The third-order valence-corrected chi connectivity index (χ3v) is 10.1. The Kier molecular flexibility index (Phi) is 8.35. The molecule has 1 aromatic heterocycles. The molecule has 2 amide bonds. The average Bonchev–Trinajstić information content (AvgIpc) is 3.33. The quantitative estimate of drug-likeness (QED) is 0.0563. The number of amides is 2. The number of ether oxygens (including phenoxy) is 1. The third kappa shape index (κ3) is 6.16. The van der Waals surface area contributed by atoms with Gasteiger partial charge in [0.15, 0.2) is 16.9 Å². The third-order valence-electron chi connectivity index (χ3n) is 9.10. The second-order valence-corrected chi connectivity index (χ2v) is 14.6. The summed E-state index contributed by atoms with van der Waals surface area (Å²) >= 11 is 0.969. The van der Waals surface area contributed by atoms with Crippen molar-refractivity contribution < 1.29 is 46.3 Å². The number of aliphatic imine (C=N–C) groups is 1. The molecule has 4 heterocycles. The number of aryl methyl sites for hydroxylation is 1. The fraction of sp³-hybridized carbons (Fsp3) is 0.500. The normalized spacial score (nSPS) is 27.5. The predicted octanol–water partition coefficient (Wildman–Crippen LogP) is -0.554. The van der Waals surface area contributed by atoms with Crippen LogP contribution in [-0.2, 0) is 40.3 Å². The molecule has 1 aliphatic carbocycles. The number of piperidine rings is 1. The maximum Gasteiger partial charge on any atom is 0.418 e. The summed E-state index contributed by atoms with van der Waals surface area (Å²) < 4.78 is 41.7. The minimum Gasteiger partial charge on any atom is -0.485 e. The first-order valence-corrected chi connectivity index (χ1v) is 17.1. The lowest BCUT2D eigenvalue weighted by atomic mass is 9.84. The molecule has 2 aromatic rings. The Morgan fingerprint density at radius 3 is 2.60 bits per heavy atom. The molecule has 3 aliphatic heterocycles. The minimum absolute atomic E-state index is 0.0635. The number of aromatic nitrogens is 1. The summed E-state index contributed by atoms with van der Waals surface area (Å²) in [4.78, 5) is 53.0. The Labute approximate surface area is 278 Å². The molecule has 20 heteroatoms. The lowest BCUT2D eigenvalue weighted by Crippen LogP contribution is -2.76. The number of fused-ring (bicyclic) bond motifs is 2. The molecule has 2 saturated heterocycles. The standard InChI is InChI=1S/C28H34N8O10S2/c1-27(2)21(24(38)36(27)46-48(41,42)43)34-23(37)20(16-11-47-26(30)32-16)35-45-28(3,25(39)40)18-7-5-12-8-13(4-6-17(12)44-18)22(29)33-19-14-9-31-10-15(14)19/h4,6,8,11,14-15,18-19,21,31H,5,7,9-10H2,1-3H3,(H2,29,33)(H2,30,32)(H,34,37)(H,39,40)(H,41,42,43)/b35-20-/t14-,15+,18-,19?,21-,28+/m1/s1. The van der Waals surface area contributed by atoms with Crippen LogP contribution in [0.3, 0.4) is 0 Å². The number of thiazole rings is 1. The van der Waals surface area contributed by atoms with Crippen molar-refractivity contribution in [3.05, 3.63) is 40.4 Å². The van der Waals surface area contributed by atoms with Crippen LogP contribution >= 0.6 is 11.3 Å². The number of benzene rings is 1. The van der Waals surface area contributed by atoms with Gasteiger partial charge in [-0.3, -0.25) is 19.1 Å². The number of nitrogens with one attached hydrogen (secondary N) is 2. The first-order chi connectivity index (χ1) is 22.5. The second kappa shape index (κ2) is 11.9. The summed E-state index contributed by atoms with van der Waals surface area (Å²) in [5.41, 5.74) is 9.50. The van der Waals surface area contributed by atoms with Crippen molar-refractivity contribution in [3.8, 4) is 5.75 Å². The fourth-order valence-electron chi connectivity index (χ4n) is 6.14. The van der Waals surface area contributed by atoms with Gasteiger partial charge in [0, 0.05) is 35.9 Å². The van der Waals surface area contributed by atoms with E-state index >= 15 is 0 Å². The highest BCUT2D eigenvalue weighted by Crippen LogP contribution is 2.44. The number of hydroxylamine groups is 2. The van der Waals surface area contributed by atoms with E-state index in [-0.39, 0.29) is 23.3 Å². The van der Waals surface area contributed by atoms with Gasteiger partial charge >= 0.3 is 16.4 Å². The van der Waals surface area contributed by atoms with Crippen molar-refractivity contribution in [2.75, 3.05) is 18.8 Å². The molecule has 1 unspecified atom stereocenters. The molecule has 1 saturated carbocycles. The lowest BCUT2D eigenvalue weighted by Gasteiger charge is -2.50. The zero-order valence-corrected chi connectivity index (χ0v) is 27.6. The number of carbonyl (C=O) groups excluding carboxylic acids is 2. The van der Waals surface area contributed by atoms with E-state index in [2.05, 4.69) is 25.1 Å². The SMILES string of the molecule is CC1(C)[C@H](NC(=O)/C(=N\O[C@](C)(C(=O)O)[C@H]2CCc3cc(C(N)=NC4[C@H]5CNC[C@@H]45)ccc3O2)c2csc(N)n2)C(=O)N1OS(=O)(=O)O. The summed E-state index contributed by atoms with van der Waals surface area (Å²) in [5, 5.41) is 21.7. The summed E-state index contributed by atoms with van der Waals surface area (Å²) in [5.74, 6) is -1.52. The zero-order valence-electron chi connectivity index (χ0n) is 25.9. The highest BCUT2D eigenvalue weighted by molar-refractivity contribution is 7.80. The van der Waals surface area contributed by atoms with Crippen molar-refractivity contribution in [2.45, 2.75) is 62.9 Å². The van der Waals surface area contributed by atoms with Gasteiger partial charge in [-0.1, -0.05) is 5.16 Å². The highest BCUT2D eigenvalue weighted by atomic mass is 32.3. The molecular weight excluding hydrogens is 672 g/mol. The van der Waals surface area contributed by atoms with E-state index in [1.165, 1.54) is 26.2 Å². The number of oxime groups is 1. The summed E-state index contributed by atoms with van der Waals surface area (Å²) in [6.45, 7) is 5.88. The highest BCUT2D eigenvalue weighted by Gasteiger charge is 2.58. The van der Waals surface area contributed by atoms with Gasteiger partial charge in [-0.05, 0) is 57.4 Å². The van der Waals surface area contributed by atoms with Crippen LogP contribution in [0.2, 0.25) is 0 Å². The van der Waals surface area contributed by atoms with Gasteiger partial charge < -0.3 is 36.8 Å². The molecule has 258 valence electrons. The molecule has 0 bridgehead atoms. The van der Waals surface area contributed by atoms with Crippen LogP contribution in [0.25, 0.3) is 0 Å². The number of carbonyl (C=O) groups is 3. The van der Waals surface area contributed by atoms with Crippen molar-refractivity contribution in [2.24, 2.45) is 27.7 Å². The number of carboxylic acids is 1. The number of nitrogens with two attached hydrogens (primary N) is 2. The Bertz CT molecular complexity index is 1840. The summed E-state index contributed by atoms with van der Waals surface area (Å²) in [6.07, 6.45) is -0.416. The summed E-state index contributed by atoms with van der Waals surface area (Å²) in [6, 6.07) is 4.22. The van der Waals surface area contributed by atoms with Gasteiger partial charge in [0.05, 0.1) is 11.6 Å². The molecule has 18 nitrogen and oxygen atoms in total. The monoisotopic (exact) mass is 706 g/mol. The number of nitrogen functional groups attached to an aromatic ring is 1. The van der Waals surface area contributed by atoms with Gasteiger partial charge in [0.1, 0.15) is 23.3 Å². The molecule has 4 aliphatic rings. The van der Waals surface area contributed by atoms with Crippen LogP contribution in [0.5, 0.6) is 5.75 Å². The molecule has 6 atom stereocenters. The number of hydrogen-bond donors (Lipinski definition) is 6. The van der Waals surface area contributed by atoms with Crippen LogP contribution < -0.4 is 26.8 Å². The number of nitrogens with zero attached hydrogens (tertiary/aromatic N) is 4. The molecule has 0 spiro atoms. The molecule has 1 aromatic carbocycles. The lowest BCUT2D eigenvalue weighted by molar-refractivity contribution is -0.218. The van der Waals surface area contributed by atoms with Crippen LogP contribution in [0, 0.1) is 11.8 Å². The van der Waals surface area contributed by atoms with E-state index in [1.807, 2.05) is 6.07 Å². The Hall–Kier alpha value is -4.37. The van der Waals surface area contributed by atoms with E-state index in [1.54, 1.807) is 12.1 Å². The number of hydrogen-bond acceptors (Lipinski definition) is 14. The van der Waals surface area contributed by atoms with Crippen molar-refractivity contribution in [3.63, 3.8) is 0 Å². The number of rotatable bonds is 11. The van der Waals surface area contributed by atoms with E-state index in [0.29, 0.717) is 34.9 Å². The average molecular weight is 707 g/mol.